The van der Waals surface area contributed by atoms with Crippen LogP contribution in [-0.2, 0) is 10.5 Å². The van der Waals surface area contributed by atoms with Crippen molar-refractivity contribution in [3.05, 3.63) is 65.7 Å². The Hall–Kier alpha value is -1.88. The summed E-state index contributed by atoms with van der Waals surface area (Å²) in [6.07, 6.45) is 0. The maximum atomic E-state index is 13.3. The first-order chi connectivity index (χ1) is 9.65. The van der Waals surface area contributed by atoms with E-state index in [1.165, 1.54) is 36.0 Å². The zero-order valence-corrected chi connectivity index (χ0v) is 11.4. The Morgan fingerprint density at radius 2 is 1.75 bits per heavy atom. The summed E-state index contributed by atoms with van der Waals surface area (Å²) in [6, 6.07) is 12.1. The lowest BCUT2D eigenvalue weighted by Crippen LogP contribution is -2.15. The second kappa shape index (κ2) is 7.05. The van der Waals surface area contributed by atoms with Crippen LogP contribution in [0.1, 0.15) is 5.56 Å². The summed E-state index contributed by atoms with van der Waals surface area (Å²) < 4.78 is 26.0. The van der Waals surface area contributed by atoms with Gasteiger partial charge in [-0.05, 0) is 29.8 Å². The van der Waals surface area contributed by atoms with Gasteiger partial charge in [0.15, 0.2) is 0 Å². The van der Waals surface area contributed by atoms with E-state index in [4.69, 9.17) is 0 Å². The molecule has 0 aromatic heterocycles. The van der Waals surface area contributed by atoms with E-state index in [0.29, 0.717) is 5.75 Å². The topological polar surface area (TPSA) is 29.1 Å². The van der Waals surface area contributed by atoms with Gasteiger partial charge in [0.05, 0.1) is 11.4 Å². The lowest BCUT2D eigenvalue weighted by molar-refractivity contribution is -0.113. The summed E-state index contributed by atoms with van der Waals surface area (Å²) in [5, 5.41) is 2.51. The van der Waals surface area contributed by atoms with E-state index in [-0.39, 0.29) is 23.2 Å². The van der Waals surface area contributed by atoms with Gasteiger partial charge in [-0.1, -0.05) is 24.3 Å². The van der Waals surface area contributed by atoms with Crippen LogP contribution >= 0.6 is 11.8 Å². The minimum absolute atomic E-state index is 0.180. The zero-order valence-electron chi connectivity index (χ0n) is 10.6. The molecule has 0 radical (unpaired) electrons. The van der Waals surface area contributed by atoms with Crippen LogP contribution in [0.4, 0.5) is 14.5 Å². The Labute approximate surface area is 120 Å². The molecule has 0 aliphatic heterocycles. The van der Waals surface area contributed by atoms with Gasteiger partial charge in [0.1, 0.15) is 11.6 Å². The second-order valence-corrected chi connectivity index (χ2v) is 5.13. The maximum Gasteiger partial charge on any atom is 0.234 e. The predicted molar refractivity (Wildman–Crippen MR) is 77.6 cm³/mol. The third kappa shape index (κ3) is 4.35. The molecule has 0 aliphatic carbocycles. The molecule has 2 aromatic rings. The normalized spacial score (nSPS) is 10.3. The van der Waals surface area contributed by atoms with Crippen molar-refractivity contribution < 1.29 is 13.6 Å². The average molecular weight is 293 g/mol. The van der Waals surface area contributed by atoms with Crippen LogP contribution in [-0.4, -0.2) is 11.7 Å². The van der Waals surface area contributed by atoms with Gasteiger partial charge in [-0.25, -0.2) is 8.78 Å². The highest BCUT2D eigenvalue weighted by atomic mass is 32.2. The Kier molecular flexibility index (Phi) is 5.12. The molecule has 0 unspecified atom stereocenters. The van der Waals surface area contributed by atoms with Crippen LogP contribution in [0.3, 0.4) is 0 Å². The van der Waals surface area contributed by atoms with Gasteiger partial charge in [-0.3, -0.25) is 4.79 Å². The molecule has 104 valence electrons. The van der Waals surface area contributed by atoms with Gasteiger partial charge >= 0.3 is 0 Å². The van der Waals surface area contributed by atoms with E-state index in [2.05, 4.69) is 5.32 Å². The molecule has 0 aliphatic rings. The fourth-order valence-corrected chi connectivity index (χ4v) is 2.38. The van der Waals surface area contributed by atoms with Crippen LogP contribution in [0.25, 0.3) is 0 Å². The highest BCUT2D eigenvalue weighted by molar-refractivity contribution is 7.99. The highest BCUT2D eigenvalue weighted by Gasteiger charge is 2.06. The minimum atomic E-state index is -0.454. The van der Waals surface area contributed by atoms with Gasteiger partial charge in [0.2, 0.25) is 5.91 Å². The molecule has 1 N–H and O–H groups in total. The molecule has 0 saturated carbocycles. The number of hydrogen-bond donors (Lipinski definition) is 1. The van der Waals surface area contributed by atoms with E-state index in [1.54, 1.807) is 24.3 Å². The number of carbonyl (C=O) groups is 1. The molecule has 20 heavy (non-hydrogen) atoms. The summed E-state index contributed by atoms with van der Waals surface area (Å²) in [4.78, 5) is 11.7. The lowest BCUT2D eigenvalue weighted by atomic mass is 10.2. The summed E-state index contributed by atoms with van der Waals surface area (Å²) in [5.74, 6) is -0.181. The number of para-hydroxylation sites is 1. The monoisotopic (exact) mass is 293 g/mol. The number of nitrogens with one attached hydrogen (secondary N) is 1. The van der Waals surface area contributed by atoms with Crippen molar-refractivity contribution in [3.8, 4) is 0 Å². The third-order valence-electron chi connectivity index (χ3n) is 2.56. The Bertz CT molecular complexity index is 587. The Balaban J connectivity index is 1.78. The average Bonchev–Trinajstić information content (AvgIpc) is 2.44. The molecule has 2 nitrogen and oxygen atoms in total. The van der Waals surface area contributed by atoms with Crippen molar-refractivity contribution in [2.24, 2.45) is 0 Å². The predicted octanol–water partition coefficient (Wildman–Crippen LogP) is 3.84. The van der Waals surface area contributed by atoms with Gasteiger partial charge < -0.3 is 5.32 Å². The number of hydrogen-bond acceptors (Lipinski definition) is 2. The van der Waals surface area contributed by atoms with Crippen LogP contribution < -0.4 is 5.32 Å². The van der Waals surface area contributed by atoms with E-state index in [0.717, 1.165) is 5.56 Å². The number of carbonyl (C=O) groups excluding carboxylic acids is 1. The molecule has 2 rings (SSSR count). The molecule has 0 heterocycles. The first-order valence-corrected chi connectivity index (χ1v) is 7.17. The first-order valence-electron chi connectivity index (χ1n) is 6.02. The fourth-order valence-electron chi connectivity index (χ4n) is 1.59. The molecule has 0 saturated heterocycles. The van der Waals surface area contributed by atoms with Crippen LogP contribution in [0.2, 0.25) is 0 Å². The number of amides is 1. The molecule has 1 amide bonds. The number of anilines is 1. The summed E-state index contributed by atoms with van der Waals surface area (Å²) in [6.45, 7) is 0. The van der Waals surface area contributed by atoms with Gasteiger partial charge in [-0.2, -0.15) is 0 Å². The standard InChI is InChI=1S/C15H13F2NOS/c16-12-7-5-11(6-8-12)9-20-10-15(19)18-14-4-2-1-3-13(14)17/h1-8H,9-10H2,(H,18,19). The van der Waals surface area contributed by atoms with Crippen LogP contribution in [0, 0.1) is 11.6 Å². The van der Waals surface area contributed by atoms with Crippen molar-refractivity contribution >= 4 is 23.4 Å². The molecular formula is C15H13F2NOS. The molecule has 5 heteroatoms. The van der Waals surface area contributed by atoms with Crippen molar-refractivity contribution in [2.75, 3.05) is 11.1 Å². The smallest absolute Gasteiger partial charge is 0.234 e. The van der Waals surface area contributed by atoms with E-state index >= 15 is 0 Å². The molecule has 2 aromatic carbocycles. The highest BCUT2D eigenvalue weighted by Crippen LogP contribution is 2.15. The molecule has 0 fully saturated rings. The third-order valence-corrected chi connectivity index (χ3v) is 3.57. The van der Waals surface area contributed by atoms with Crippen molar-refractivity contribution in [3.63, 3.8) is 0 Å². The molecule has 0 atom stereocenters. The quantitative estimate of drug-likeness (QED) is 0.907. The van der Waals surface area contributed by atoms with Gasteiger partial charge in [0, 0.05) is 5.75 Å². The Morgan fingerprint density at radius 1 is 1.05 bits per heavy atom. The second-order valence-electron chi connectivity index (χ2n) is 4.15. The maximum absolute atomic E-state index is 13.3. The van der Waals surface area contributed by atoms with E-state index in [1.807, 2.05) is 0 Å². The largest absolute Gasteiger partial charge is 0.323 e. The summed E-state index contributed by atoms with van der Waals surface area (Å²) >= 11 is 1.39. The number of thioether (sulfide) groups is 1. The number of halogens is 2. The summed E-state index contributed by atoms with van der Waals surface area (Å²) in [7, 11) is 0. The van der Waals surface area contributed by atoms with Crippen LogP contribution in [0.15, 0.2) is 48.5 Å². The molecule has 0 spiro atoms. The number of rotatable bonds is 5. The molecule has 0 bridgehead atoms. The summed E-state index contributed by atoms with van der Waals surface area (Å²) in [5.41, 5.74) is 1.12. The minimum Gasteiger partial charge on any atom is -0.323 e. The van der Waals surface area contributed by atoms with Gasteiger partial charge in [0.25, 0.3) is 0 Å². The van der Waals surface area contributed by atoms with Crippen molar-refractivity contribution in [1.82, 2.24) is 0 Å². The Morgan fingerprint density at radius 3 is 2.45 bits per heavy atom. The first kappa shape index (κ1) is 14.5. The fraction of sp³-hybridized carbons (Fsp3) is 0.133. The van der Waals surface area contributed by atoms with E-state index in [9.17, 15) is 13.6 Å². The zero-order chi connectivity index (χ0) is 14.4. The van der Waals surface area contributed by atoms with Crippen LogP contribution in [0.5, 0.6) is 0 Å². The lowest BCUT2D eigenvalue weighted by Gasteiger charge is -2.06. The van der Waals surface area contributed by atoms with Crippen molar-refractivity contribution in [2.45, 2.75) is 5.75 Å². The SMILES string of the molecule is O=C(CSCc1ccc(F)cc1)Nc1ccccc1F. The van der Waals surface area contributed by atoms with Gasteiger partial charge in [-0.15, -0.1) is 11.8 Å². The number of benzene rings is 2. The molecular weight excluding hydrogens is 280 g/mol. The van der Waals surface area contributed by atoms with E-state index < -0.39 is 5.82 Å². The van der Waals surface area contributed by atoms with Crippen molar-refractivity contribution in [1.29, 1.82) is 0 Å².